The molecule has 0 aliphatic rings. The zero-order chi connectivity index (χ0) is 15.1. The lowest BCUT2D eigenvalue weighted by Gasteiger charge is -2.47. The molecule has 19 heavy (non-hydrogen) atoms. The van der Waals surface area contributed by atoms with Crippen LogP contribution in [0.2, 0.25) is 6.04 Å². The SMILES string of the molecule is COC(C[SiH3])C(OC)(OC)N(C)[Si](OC)(OC)OC. The number of rotatable bonds is 10. The summed E-state index contributed by atoms with van der Waals surface area (Å²) in [5.74, 6) is -1.12. The molecular weight excluding hydrogens is 286 g/mol. The highest BCUT2D eigenvalue weighted by Gasteiger charge is 2.58. The van der Waals surface area contributed by atoms with E-state index in [9.17, 15) is 0 Å². The van der Waals surface area contributed by atoms with E-state index in [1.54, 1.807) is 32.9 Å². The molecule has 0 aliphatic carbocycles. The summed E-state index contributed by atoms with van der Waals surface area (Å²) in [7, 11) is 8.99. The highest BCUT2D eigenvalue weighted by molar-refractivity contribution is 6.57. The third kappa shape index (κ3) is 3.43. The number of likely N-dealkylation sites (N-methyl/N-ethyl adjacent to an activating group) is 1. The second-order valence-electron chi connectivity index (χ2n) is 3.87. The third-order valence-electron chi connectivity index (χ3n) is 3.30. The van der Waals surface area contributed by atoms with Crippen LogP contribution in [0.1, 0.15) is 0 Å². The van der Waals surface area contributed by atoms with Gasteiger partial charge in [0.2, 0.25) is 0 Å². The van der Waals surface area contributed by atoms with Gasteiger partial charge in [-0.3, -0.25) is 0 Å². The molecule has 0 radical (unpaired) electrons. The Balaban J connectivity index is 5.60. The van der Waals surface area contributed by atoms with Gasteiger partial charge in [0.05, 0.1) is 0 Å². The minimum Gasteiger partial charge on any atom is -0.375 e. The molecule has 0 saturated carbocycles. The molecule has 116 valence electrons. The lowest BCUT2D eigenvalue weighted by molar-refractivity contribution is -0.323. The van der Waals surface area contributed by atoms with Crippen LogP contribution in [0.25, 0.3) is 0 Å². The van der Waals surface area contributed by atoms with Crippen molar-refractivity contribution in [2.45, 2.75) is 18.1 Å². The van der Waals surface area contributed by atoms with Crippen molar-refractivity contribution in [2.75, 3.05) is 49.7 Å². The Morgan fingerprint density at radius 3 is 1.63 bits per heavy atom. The molecule has 0 aliphatic heterocycles. The second-order valence-corrected chi connectivity index (χ2v) is 7.63. The molecule has 0 aromatic carbocycles. The number of ether oxygens (including phenoxy) is 3. The average Bonchev–Trinajstić information content (AvgIpc) is 2.47. The molecule has 0 heterocycles. The Kier molecular flexibility index (Phi) is 8.51. The van der Waals surface area contributed by atoms with E-state index in [0.717, 1.165) is 16.3 Å². The van der Waals surface area contributed by atoms with Crippen LogP contribution in [0.5, 0.6) is 0 Å². The number of methoxy groups -OCH3 is 3. The van der Waals surface area contributed by atoms with Gasteiger partial charge in [-0.2, -0.15) is 0 Å². The van der Waals surface area contributed by atoms with Crippen LogP contribution in [0.4, 0.5) is 0 Å². The van der Waals surface area contributed by atoms with Crippen LogP contribution >= 0.6 is 0 Å². The van der Waals surface area contributed by atoms with Crippen molar-refractivity contribution >= 4 is 19.2 Å². The minimum atomic E-state index is -3.07. The van der Waals surface area contributed by atoms with Gasteiger partial charge in [-0.15, -0.1) is 0 Å². The molecule has 0 aromatic rings. The molecule has 0 fully saturated rings. The van der Waals surface area contributed by atoms with Crippen LogP contribution in [0.15, 0.2) is 0 Å². The van der Waals surface area contributed by atoms with E-state index in [-0.39, 0.29) is 6.10 Å². The van der Waals surface area contributed by atoms with Crippen LogP contribution in [-0.4, -0.2) is 85.5 Å². The summed E-state index contributed by atoms with van der Waals surface area (Å²) >= 11 is 0. The highest BCUT2D eigenvalue weighted by Crippen LogP contribution is 2.30. The van der Waals surface area contributed by atoms with Gasteiger partial charge in [0.25, 0.3) is 5.91 Å². The van der Waals surface area contributed by atoms with E-state index in [4.69, 9.17) is 27.5 Å². The fourth-order valence-corrected chi connectivity index (χ4v) is 5.14. The molecule has 9 heteroatoms. The molecule has 0 saturated heterocycles. The predicted molar refractivity (Wildman–Crippen MR) is 76.8 cm³/mol. The van der Waals surface area contributed by atoms with Crippen LogP contribution in [-0.2, 0) is 27.5 Å². The van der Waals surface area contributed by atoms with Crippen LogP contribution < -0.4 is 0 Å². The van der Waals surface area contributed by atoms with Crippen molar-refractivity contribution in [1.29, 1.82) is 0 Å². The fourth-order valence-electron chi connectivity index (χ4n) is 2.26. The normalized spacial score (nSPS) is 15.2. The van der Waals surface area contributed by atoms with E-state index < -0.39 is 14.9 Å². The summed E-state index contributed by atoms with van der Waals surface area (Å²) in [6.07, 6.45) is -0.272. The van der Waals surface area contributed by atoms with E-state index in [1.807, 2.05) is 0 Å². The Bertz CT molecular complexity index is 238. The summed E-state index contributed by atoms with van der Waals surface area (Å²) < 4.78 is 34.8. The zero-order valence-electron chi connectivity index (χ0n) is 13.2. The van der Waals surface area contributed by atoms with Gasteiger partial charge in [0.1, 0.15) is 6.10 Å². The first-order chi connectivity index (χ1) is 8.98. The summed E-state index contributed by atoms with van der Waals surface area (Å²) in [6.45, 7) is 0. The van der Waals surface area contributed by atoms with Crippen molar-refractivity contribution in [3.8, 4) is 0 Å². The number of hydrogen-bond donors (Lipinski definition) is 0. The van der Waals surface area contributed by atoms with E-state index in [2.05, 4.69) is 0 Å². The largest absolute Gasteiger partial charge is 0.602 e. The average molecular weight is 313 g/mol. The van der Waals surface area contributed by atoms with Gasteiger partial charge in [-0.25, -0.2) is 4.57 Å². The molecule has 1 unspecified atom stereocenters. The standard InChI is InChI=1S/C10H27NO6Si2/c1-11(19(15-5,16-6)17-7)10(13-3,14-4)9(8-18)12-2/h9H,8H2,1-7,18H3. The zero-order valence-corrected chi connectivity index (χ0v) is 16.2. The van der Waals surface area contributed by atoms with E-state index in [0.29, 0.717) is 0 Å². The first-order valence-electron chi connectivity index (χ1n) is 6.00. The summed E-state index contributed by atoms with van der Waals surface area (Å²) in [5.41, 5.74) is 0. The Hall–Kier alpha value is 0.154. The van der Waals surface area contributed by atoms with Gasteiger partial charge in [0, 0.05) is 52.9 Å². The Labute approximate surface area is 119 Å². The Morgan fingerprint density at radius 1 is 1.00 bits per heavy atom. The molecule has 1 atom stereocenters. The predicted octanol–water partition coefficient (Wildman–Crippen LogP) is -0.962. The van der Waals surface area contributed by atoms with Crippen molar-refractivity contribution in [3.63, 3.8) is 0 Å². The first-order valence-corrected chi connectivity index (χ1v) is 9.09. The smallest absolute Gasteiger partial charge is 0.375 e. The summed E-state index contributed by atoms with van der Waals surface area (Å²) in [6, 6.07) is 0.824. The molecule has 0 amide bonds. The quantitative estimate of drug-likeness (QED) is 0.380. The third-order valence-corrected chi connectivity index (χ3v) is 6.72. The van der Waals surface area contributed by atoms with Gasteiger partial charge in [-0.1, -0.05) is 0 Å². The molecular formula is C10H27NO6Si2. The van der Waals surface area contributed by atoms with Crippen molar-refractivity contribution in [3.05, 3.63) is 0 Å². The van der Waals surface area contributed by atoms with Gasteiger partial charge >= 0.3 is 8.97 Å². The molecule has 0 rings (SSSR count). The van der Waals surface area contributed by atoms with Crippen LogP contribution in [0, 0.1) is 0 Å². The first kappa shape index (κ1) is 19.2. The highest BCUT2D eigenvalue weighted by atomic mass is 28.4. The summed E-state index contributed by atoms with van der Waals surface area (Å²) in [4.78, 5) is 0. The topological polar surface area (TPSA) is 58.6 Å². The van der Waals surface area contributed by atoms with Crippen molar-refractivity contribution < 1.29 is 27.5 Å². The van der Waals surface area contributed by atoms with Gasteiger partial charge in [0.15, 0.2) is 0 Å². The van der Waals surface area contributed by atoms with E-state index >= 15 is 0 Å². The monoisotopic (exact) mass is 313 g/mol. The molecule has 7 nitrogen and oxygen atoms in total. The maximum absolute atomic E-state index is 5.60. The van der Waals surface area contributed by atoms with Gasteiger partial charge in [-0.05, 0) is 13.1 Å². The maximum atomic E-state index is 5.60. The lowest BCUT2D eigenvalue weighted by Crippen LogP contribution is -2.71. The molecule has 0 spiro atoms. The molecule has 0 N–H and O–H groups in total. The molecule has 0 aromatic heterocycles. The fraction of sp³-hybridized carbons (Fsp3) is 1.00. The minimum absolute atomic E-state index is 0.272. The summed E-state index contributed by atoms with van der Waals surface area (Å²) in [5, 5.41) is 0. The molecule has 0 bridgehead atoms. The second kappa shape index (κ2) is 8.44. The van der Waals surface area contributed by atoms with Crippen molar-refractivity contribution in [2.24, 2.45) is 0 Å². The Morgan fingerprint density at radius 2 is 1.42 bits per heavy atom. The van der Waals surface area contributed by atoms with E-state index in [1.165, 1.54) is 21.3 Å². The van der Waals surface area contributed by atoms with Crippen molar-refractivity contribution in [1.82, 2.24) is 4.57 Å². The number of nitrogens with zero attached hydrogens (tertiary/aromatic N) is 1. The maximum Gasteiger partial charge on any atom is 0.602 e. The number of hydrogen-bond acceptors (Lipinski definition) is 7. The van der Waals surface area contributed by atoms with Gasteiger partial charge < -0.3 is 27.5 Å². The van der Waals surface area contributed by atoms with Crippen LogP contribution in [0.3, 0.4) is 0 Å². The lowest BCUT2D eigenvalue weighted by atomic mass is 10.3.